The maximum Gasteiger partial charge on any atom is 0.435 e. The molecule has 0 bridgehead atoms. The number of aromatic nitrogens is 3. The van der Waals surface area contributed by atoms with Crippen molar-refractivity contribution in [2.24, 2.45) is 0 Å². The van der Waals surface area contributed by atoms with Crippen molar-refractivity contribution < 1.29 is 18.0 Å². The Morgan fingerprint density at radius 2 is 1.76 bits per heavy atom. The van der Waals surface area contributed by atoms with Crippen molar-refractivity contribution in [1.82, 2.24) is 19.9 Å². The van der Waals surface area contributed by atoms with Crippen molar-refractivity contribution in [3.8, 4) is 0 Å². The first-order chi connectivity index (χ1) is 13.8. The molecule has 1 saturated heterocycles. The maximum absolute atomic E-state index is 13.6. The van der Waals surface area contributed by atoms with Crippen molar-refractivity contribution in [1.29, 1.82) is 0 Å². The summed E-state index contributed by atoms with van der Waals surface area (Å²) in [4.78, 5) is 28.4. The lowest BCUT2D eigenvalue weighted by atomic mass is 10.2. The molecule has 0 atom stereocenters. The number of anilines is 2. The fourth-order valence-electron chi connectivity index (χ4n) is 3.18. The predicted octanol–water partition coefficient (Wildman–Crippen LogP) is 2.77. The molecule has 2 aromatic heterocycles. The Balaban J connectivity index is 1.54. The Morgan fingerprint density at radius 3 is 2.34 bits per heavy atom. The number of nitrogens with one attached hydrogen (secondary N) is 1. The smallest absolute Gasteiger partial charge is 0.354 e. The van der Waals surface area contributed by atoms with Crippen LogP contribution in [0.3, 0.4) is 0 Å². The van der Waals surface area contributed by atoms with Crippen molar-refractivity contribution in [3.63, 3.8) is 0 Å². The Bertz CT molecular complexity index is 890. The van der Waals surface area contributed by atoms with E-state index in [1.54, 1.807) is 0 Å². The van der Waals surface area contributed by atoms with E-state index in [0.717, 1.165) is 25.9 Å². The monoisotopic (exact) mass is 406 g/mol. The van der Waals surface area contributed by atoms with E-state index in [9.17, 15) is 18.0 Å². The van der Waals surface area contributed by atoms with E-state index < -0.39 is 17.8 Å². The van der Waals surface area contributed by atoms with Crippen LogP contribution in [0.25, 0.3) is 0 Å². The molecule has 0 spiro atoms. The molecule has 1 N–H and O–H groups in total. The zero-order valence-electron chi connectivity index (χ0n) is 15.9. The number of likely N-dealkylation sites (N-methyl/N-ethyl adjacent to an activating group) is 1. The summed E-state index contributed by atoms with van der Waals surface area (Å²) in [5.74, 6) is 0.540. The first kappa shape index (κ1) is 19.6. The molecule has 154 valence electrons. The van der Waals surface area contributed by atoms with Gasteiger partial charge in [0, 0.05) is 44.5 Å². The van der Waals surface area contributed by atoms with Crippen LogP contribution in [0.5, 0.6) is 0 Å². The third-order valence-corrected chi connectivity index (χ3v) is 5.10. The quantitative estimate of drug-likeness (QED) is 0.842. The number of carbonyl (C=O) groups is 1. The second kappa shape index (κ2) is 7.58. The number of rotatable bonds is 4. The SMILES string of the molecule is CN1CCN(c2ccc(NC(=O)c3cnc(C4CC4)nc3)c(C(F)(F)F)n2)CC1. The highest BCUT2D eigenvalue weighted by atomic mass is 19.4. The van der Waals surface area contributed by atoms with Gasteiger partial charge in [0.1, 0.15) is 11.6 Å². The van der Waals surface area contributed by atoms with Gasteiger partial charge < -0.3 is 15.1 Å². The molecular formula is C19H21F3N6O. The number of alkyl halides is 3. The van der Waals surface area contributed by atoms with Crippen LogP contribution in [0.2, 0.25) is 0 Å². The molecule has 0 unspecified atom stereocenters. The van der Waals surface area contributed by atoms with Crippen LogP contribution in [0.1, 0.15) is 40.6 Å². The van der Waals surface area contributed by atoms with E-state index in [-0.39, 0.29) is 17.1 Å². The summed E-state index contributed by atoms with van der Waals surface area (Å²) in [5.41, 5.74) is -1.39. The molecule has 2 fully saturated rings. The van der Waals surface area contributed by atoms with Crippen LogP contribution in [0, 0.1) is 0 Å². The van der Waals surface area contributed by atoms with Crippen LogP contribution in [0.15, 0.2) is 24.5 Å². The van der Waals surface area contributed by atoms with Gasteiger partial charge in [-0.05, 0) is 32.0 Å². The molecule has 2 aliphatic rings. The highest BCUT2D eigenvalue weighted by Crippen LogP contribution is 2.38. The third kappa shape index (κ3) is 4.47. The van der Waals surface area contributed by atoms with Gasteiger partial charge in [0.15, 0.2) is 5.69 Å². The number of carbonyl (C=O) groups excluding carboxylic acids is 1. The molecule has 3 heterocycles. The number of halogens is 3. The molecule has 1 amide bonds. The number of hydrogen-bond donors (Lipinski definition) is 1. The molecule has 0 radical (unpaired) electrons. The lowest BCUT2D eigenvalue weighted by Gasteiger charge is -2.33. The van der Waals surface area contributed by atoms with E-state index in [1.165, 1.54) is 24.5 Å². The Labute approximate surface area is 166 Å². The van der Waals surface area contributed by atoms with E-state index in [0.29, 0.717) is 24.8 Å². The van der Waals surface area contributed by atoms with Crippen molar-refractivity contribution >= 4 is 17.4 Å². The van der Waals surface area contributed by atoms with E-state index in [1.807, 2.05) is 11.9 Å². The molecule has 29 heavy (non-hydrogen) atoms. The zero-order chi connectivity index (χ0) is 20.6. The Kier molecular flexibility index (Phi) is 5.12. The number of hydrogen-bond acceptors (Lipinski definition) is 6. The van der Waals surface area contributed by atoms with Gasteiger partial charge in [0.05, 0.1) is 11.3 Å². The first-order valence-corrected chi connectivity index (χ1v) is 9.46. The van der Waals surface area contributed by atoms with Gasteiger partial charge in [-0.3, -0.25) is 4.79 Å². The van der Waals surface area contributed by atoms with Gasteiger partial charge in [-0.15, -0.1) is 0 Å². The highest BCUT2D eigenvalue weighted by Gasteiger charge is 2.37. The summed E-state index contributed by atoms with van der Waals surface area (Å²) in [6.45, 7) is 2.69. The van der Waals surface area contributed by atoms with Crippen LogP contribution in [-0.2, 0) is 6.18 Å². The molecule has 1 saturated carbocycles. The largest absolute Gasteiger partial charge is 0.435 e. The standard InChI is InChI=1S/C19H21F3N6O/c1-27-6-8-28(9-7-27)15-5-4-14(16(26-15)19(20,21)22)25-18(29)13-10-23-17(24-11-13)12-2-3-12/h4-5,10-12H,2-3,6-9H2,1H3,(H,25,29). The van der Waals surface area contributed by atoms with Gasteiger partial charge in [-0.2, -0.15) is 13.2 Å². The molecule has 10 heteroatoms. The van der Waals surface area contributed by atoms with E-state index in [4.69, 9.17) is 0 Å². The average Bonchev–Trinajstić information content (AvgIpc) is 3.53. The second-order valence-corrected chi connectivity index (χ2v) is 7.41. The van der Waals surface area contributed by atoms with Gasteiger partial charge in [0.25, 0.3) is 5.91 Å². The van der Waals surface area contributed by atoms with Crippen molar-refractivity contribution in [2.45, 2.75) is 24.9 Å². The van der Waals surface area contributed by atoms with Gasteiger partial charge in [-0.25, -0.2) is 15.0 Å². The van der Waals surface area contributed by atoms with Crippen LogP contribution in [0.4, 0.5) is 24.7 Å². The second-order valence-electron chi connectivity index (χ2n) is 7.41. The minimum atomic E-state index is -4.70. The first-order valence-electron chi connectivity index (χ1n) is 9.46. The van der Waals surface area contributed by atoms with Gasteiger partial charge in [-0.1, -0.05) is 0 Å². The number of pyridine rings is 1. The number of nitrogens with zero attached hydrogens (tertiary/aromatic N) is 5. The molecule has 0 aromatic carbocycles. The van der Waals surface area contributed by atoms with Crippen LogP contribution >= 0.6 is 0 Å². The fourth-order valence-corrected chi connectivity index (χ4v) is 3.18. The van der Waals surface area contributed by atoms with Crippen molar-refractivity contribution in [3.05, 3.63) is 41.6 Å². The summed E-state index contributed by atoms with van der Waals surface area (Å²) < 4.78 is 40.8. The highest BCUT2D eigenvalue weighted by molar-refractivity contribution is 6.04. The fraction of sp³-hybridized carbons (Fsp3) is 0.474. The minimum absolute atomic E-state index is 0.102. The zero-order valence-corrected chi connectivity index (χ0v) is 15.9. The Hall–Kier alpha value is -2.75. The van der Waals surface area contributed by atoms with Crippen LogP contribution < -0.4 is 10.2 Å². The lowest BCUT2D eigenvalue weighted by Crippen LogP contribution is -2.45. The molecule has 2 aromatic rings. The molecule has 7 nitrogen and oxygen atoms in total. The molecule has 4 rings (SSSR count). The summed E-state index contributed by atoms with van der Waals surface area (Å²) >= 11 is 0. The summed E-state index contributed by atoms with van der Waals surface area (Å²) in [6, 6.07) is 2.75. The normalized spacial score (nSPS) is 18.0. The predicted molar refractivity (Wildman–Crippen MR) is 101 cm³/mol. The topological polar surface area (TPSA) is 74.2 Å². The van der Waals surface area contributed by atoms with E-state index >= 15 is 0 Å². The molecular weight excluding hydrogens is 385 g/mol. The summed E-state index contributed by atoms with van der Waals surface area (Å²) in [5, 5.41) is 2.31. The number of amides is 1. The Morgan fingerprint density at radius 1 is 1.10 bits per heavy atom. The molecule has 1 aliphatic carbocycles. The van der Waals surface area contributed by atoms with Crippen molar-refractivity contribution in [2.75, 3.05) is 43.4 Å². The maximum atomic E-state index is 13.6. The summed E-state index contributed by atoms with van der Waals surface area (Å²) in [6.07, 6.45) is 0.0275. The minimum Gasteiger partial charge on any atom is -0.354 e. The summed E-state index contributed by atoms with van der Waals surface area (Å²) in [7, 11) is 1.96. The average molecular weight is 406 g/mol. The van der Waals surface area contributed by atoms with Crippen LogP contribution in [-0.4, -0.2) is 59.0 Å². The number of piperazine rings is 1. The third-order valence-electron chi connectivity index (χ3n) is 5.10. The van der Waals surface area contributed by atoms with Gasteiger partial charge in [0.2, 0.25) is 0 Å². The van der Waals surface area contributed by atoms with E-state index in [2.05, 4.69) is 25.2 Å². The lowest BCUT2D eigenvalue weighted by molar-refractivity contribution is -0.140. The van der Waals surface area contributed by atoms with Gasteiger partial charge >= 0.3 is 6.18 Å². The molecule has 1 aliphatic heterocycles.